The lowest BCUT2D eigenvalue weighted by molar-refractivity contribution is 0.669. The maximum absolute atomic E-state index is 6.26. The van der Waals surface area contributed by atoms with E-state index in [0.29, 0.717) is 0 Å². The first-order valence-corrected chi connectivity index (χ1v) is 20.1. The van der Waals surface area contributed by atoms with E-state index in [9.17, 15) is 0 Å². The average Bonchev–Trinajstić information content (AvgIpc) is 3.87. The molecule has 0 radical (unpaired) electrons. The number of para-hydroxylation sites is 1. The smallest absolute Gasteiger partial charge is 0.136 e. The van der Waals surface area contributed by atoms with Crippen LogP contribution in [0.3, 0.4) is 0 Å². The van der Waals surface area contributed by atoms with E-state index in [1.54, 1.807) is 0 Å². The van der Waals surface area contributed by atoms with Crippen LogP contribution in [0.5, 0.6) is 0 Å². The van der Waals surface area contributed by atoms with E-state index in [1.807, 2.05) is 17.4 Å². The van der Waals surface area contributed by atoms with Crippen molar-refractivity contribution in [1.29, 1.82) is 0 Å². The number of benzene rings is 9. The molecule has 268 valence electrons. The molecule has 57 heavy (non-hydrogen) atoms. The van der Waals surface area contributed by atoms with Gasteiger partial charge in [0.05, 0.1) is 0 Å². The van der Waals surface area contributed by atoms with Crippen LogP contribution in [0.1, 0.15) is 0 Å². The molecule has 0 aliphatic heterocycles. The Morgan fingerprint density at radius 2 is 0.737 bits per heavy atom. The molecule has 0 saturated heterocycles. The Morgan fingerprint density at radius 1 is 0.298 bits per heavy atom. The van der Waals surface area contributed by atoms with E-state index in [2.05, 4.69) is 211 Å². The summed E-state index contributed by atoms with van der Waals surface area (Å²) in [6.45, 7) is 0. The zero-order chi connectivity index (χ0) is 37.7. The molecule has 0 unspecified atom stereocenters. The van der Waals surface area contributed by atoms with Gasteiger partial charge >= 0.3 is 0 Å². The molecule has 3 heteroatoms. The average molecular weight is 746 g/mol. The molecule has 11 rings (SSSR count). The summed E-state index contributed by atoms with van der Waals surface area (Å²) < 4.78 is 8.83. The van der Waals surface area contributed by atoms with Crippen LogP contribution in [0.2, 0.25) is 0 Å². The highest BCUT2D eigenvalue weighted by Crippen LogP contribution is 2.46. The monoisotopic (exact) mass is 745 g/mol. The number of nitrogens with zero attached hydrogens (tertiary/aromatic N) is 1. The van der Waals surface area contributed by atoms with E-state index >= 15 is 0 Å². The van der Waals surface area contributed by atoms with Crippen molar-refractivity contribution < 1.29 is 4.42 Å². The molecular weight excluding hydrogens is 711 g/mol. The topological polar surface area (TPSA) is 16.4 Å². The highest BCUT2D eigenvalue weighted by molar-refractivity contribution is 7.27. The van der Waals surface area contributed by atoms with Crippen molar-refractivity contribution in [3.05, 3.63) is 212 Å². The van der Waals surface area contributed by atoms with Gasteiger partial charge in [0, 0.05) is 48.0 Å². The lowest BCUT2D eigenvalue weighted by atomic mass is 9.99. The fraction of sp³-hybridized carbons (Fsp3) is 0. The van der Waals surface area contributed by atoms with Gasteiger partial charge in [-0.1, -0.05) is 158 Å². The maximum Gasteiger partial charge on any atom is 0.136 e. The molecule has 0 atom stereocenters. The summed E-state index contributed by atoms with van der Waals surface area (Å²) in [7, 11) is 0. The second-order valence-corrected chi connectivity index (χ2v) is 15.5. The van der Waals surface area contributed by atoms with Crippen LogP contribution >= 0.6 is 11.3 Å². The Balaban J connectivity index is 0.970. The van der Waals surface area contributed by atoms with Gasteiger partial charge < -0.3 is 9.32 Å². The van der Waals surface area contributed by atoms with Crippen LogP contribution in [0, 0.1) is 0 Å². The van der Waals surface area contributed by atoms with Crippen molar-refractivity contribution in [3.63, 3.8) is 0 Å². The Kier molecular flexibility index (Phi) is 8.04. The summed E-state index contributed by atoms with van der Waals surface area (Å²) >= 11 is 1.86. The van der Waals surface area contributed by atoms with Crippen LogP contribution < -0.4 is 4.90 Å². The molecule has 9 aromatic carbocycles. The molecule has 0 spiro atoms. The number of anilines is 3. The lowest BCUT2D eigenvalue weighted by Gasteiger charge is -2.26. The SMILES string of the molecule is c1ccc(-c2ccc(-c3ccc(N(c4ccc(-c5ccccc5)cc4)c4ccc(-c5cccc6c5sc5c6ccc6oc7ccccc7c65)cc4)cc3)cc2)cc1. The van der Waals surface area contributed by atoms with E-state index < -0.39 is 0 Å². The van der Waals surface area contributed by atoms with Gasteiger partial charge in [-0.3, -0.25) is 0 Å². The Morgan fingerprint density at radius 3 is 1.30 bits per heavy atom. The van der Waals surface area contributed by atoms with Crippen LogP contribution in [-0.4, -0.2) is 0 Å². The zero-order valence-corrected chi connectivity index (χ0v) is 31.8. The fourth-order valence-corrected chi connectivity index (χ4v) is 9.64. The third-order valence-electron chi connectivity index (χ3n) is 11.1. The Bertz CT molecular complexity index is 3180. The molecule has 0 amide bonds. The Labute approximate surface area is 335 Å². The van der Waals surface area contributed by atoms with Gasteiger partial charge in [-0.25, -0.2) is 0 Å². The van der Waals surface area contributed by atoms with Crippen molar-refractivity contribution in [2.45, 2.75) is 0 Å². The van der Waals surface area contributed by atoms with E-state index in [0.717, 1.165) is 28.2 Å². The molecule has 2 nitrogen and oxygen atoms in total. The minimum Gasteiger partial charge on any atom is -0.456 e. The summed E-state index contributed by atoms with van der Waals surface area (Å²) in [5.41, 5.74) is 14.8. The molecule has 0 aliphatic rings. The van der Waals surface area contributed by atoms with Crippen LogP contribution in [0.15, 0.2) is 217 Å². The van der Waals surface area contributed by atoms with Gasteiger partial charge in [0.15, 0.2) is 0 Å². The number of rotatable bonds is 7. The van der Waals surface area contributed by atoms with Gasteiger partial charge in [0.2, 0.25) is 0 Å². The van der Waals surface area contributed by atoms with Crippen molar-refractivity contribution in [1.82, 2.24) is 0 Å². The largest absolute Gasteiger partial charge is 0.456 e. The third kappa shape index (κ3) is 5.88. The highest BCUT2D eigenvalue weighted by atomic mass is 32.1. The van der Waals surface area contributed by atoms with Gasteiger partial charge in [-0.2, -0.15) is 0 Å². The van der Waals surface area contributed by atoms with Crippen molar-refractivity contribution in [2.24, 2.45) is 0 Å². The lowest BCUT2D eigenvalue weighted by Crippen LogP contribution is -2.09. The summed E-state index contributed by atoms with van der Waals surface area (Å²) in [6, 6.07) is 76.2. The fourth-order valence-electron chi connectivity index (χ4n) is 8.25. The minimum atomic E-state index is 0.930. The molecule has 0 aliphatic carbocycles. The number of hydrogen-bond acceptors (Lipinski definition) is 3. The van der Waals surface area contributed by atoms with E-state index in [4.69, 9.17) is 4.42 Å². The number of fused-ring (bicyclic) bond motifs is 7. The first kappa shape index (κ1) is 33.2. The predicted molar refractivity (Wildman–Crippen MR) is 243 cm³/mol. The summed E-state index contributed by atoms with van der Waals surface area (Å²) in [6.07, 6.45) is 0. The molecule has 0 N–H and O–H groups in total. The second kappa shape index (κ2) is 13.8. The molecule has 0 fully saturated rings. The van der Waals surface area contributed by atoms with Crippen LogP contribution in [-0.2, 0) is 0 Å². The van der Waals surface area contributed by atoms with E-state index in [-0.39, 0.29) is 0 Å². The molecule has 2 heterocycles. The molecule has 11 aromatic rings. The van der Waals surface area contributed by atoms with E-state index in [1.165, 1.54) is 75.5 Å². The van der Waals surface area contributed by atoms with Gasteiger partial charge in [0.25, 0.3) is 0 Å². The second-order valence-electron chi connectivity index (χ2n) is 14.5. The van der Waals surface area contributed by atoms with Crippen LogP contribution in [0.4, 0.5) is 17.1 Å². The zero-order valence-electron chi connectivity index (χ0n) is 31.0. The molecular formula is C54H35NOS. The summed E-state index contributed by atoms with van der Waals surface area (Å²) in [5, 5.41) is 4.92. The third-order valence-corrected chi connectivity index (χ3v) is 12.4. The molecule has 2 aromatic heterocycles. The van der Waals surface area contributed by atoms with Gasteiger partial charge in [0.1, 0.15) is 11.2 Å². The van der Waals surface area contributed by atoms with Gasteiger partial charge in [-0.15, -0.1) is 11.3 Å². The highest BCUT2D eigenvalue weighted by Gasteiger charge is 2.18. The summed E-state index contributed by atoms with van der Waals surface area (Å²) in [5.74, 6) is 0. The quantitative estimate of drug-likeness (QED) is 0.162. The first-order chi connectivity index (χ1) is 28.2. The van der Waals surface area contributed by atoms with Gasteiger partial charge in [-0.05, 0) is 99.1 Å². The number of thiophene rings is 1. The standard InChI is InChI=1S/C54H35NOS/c1-3-10-36(11-4-1)38-18-20-39(21-19-38)41-24-30-44(31-25-41)55(43-28-22-40(23-29-43)37-12-5-2-6-13-37)45-32-26-42(27-33-45)46-15-9-16-47-48-34-35-51-52(54(48)57-53(46)47)49-14-7-8-17-50(49)56-51/h1-35H. The minimum absolute atomic E-state index is 0.930. The van der Waals surface area contributed by atoms with Crippen LogP contribution in [0.25, 0.3) is 86.6 Å². The van der Waals surface area contributed by atoms with Crippen molar-refractivity contribution >= 4 is 70.5 Å². The molecule has 0 bridgehead atoms. The maximum atomic E-state index is 6.26. The predicted octanol–water partition coefficient (Wildman–Crippen LogP) is 16.1. The summed E-state index contributed by atoms with van der Waals surface area (Å²) in [4.78, 5) is 2.35. The van der Waals surface area contributed by atoms with Crippen molar-refractivity contribution in [2.75, 3.05) is 4.90 Å². The van der Waals surface area contributed by atoms with Crippen molar-refractivity contribution in [3.8, 4) is 44.5 Å². The molecule has 0 saturated carbocycles. The Hall–Kier alpha value is -7.20. The number of hydrogen-bond donors (Lipinski definition) is 0. The number of furan rings is 1. The normalized spacial score (nSPS) is 11.5. The first-order valence-electron chi connectivity index (χ1n) is 19.3.